The van der Waals surface area contributed by atoms with E-state index in [1.54, 1.807) is 31.3 Å². The lowest BCUT2D eigenvalue weighted by Crippen LogP contribution is -2.28. The third-order valence-electron chi connectivity index (χ3n) is 2.48. The van der Waals surface area contributed by atoms with Crippen LogP contribution in [0.1, 0.15) is 13.3 Å². The minimum absolute atomic E-state index is 0. The van der Waals surface area contributed by atoms with E-state index < -0.39 is 0 Å². The number of nitrogens with one attached hydrogen (secondary N) is 3. The number of ether oxygens (including phenoxy) is 1. The third-order valence-corrected chi connectivity index (χ3v) is 2.48. The molecule has 0 radical (unpaired) electrons. The van der Waals surface area contributed by atoms with E-state index in [4.69, 9.17) is 4.74 Å². The average Bonchev–Trinajstić information content (AvgIpc) is 2.45. The van der Waals surface area contributed by atoms with Crippen molar-refractivity contribution in [2.75, 3.05) is 32.1 Å². The fourth-order valence-electron chi connectivity index (χ4n) is 1.49. The Labute approximate surface area is 131 Å². The van der Waals surface area contributed by atoms with Gasteiger partial charge in [0.15, 0.2) is 6.61 Å². The molecule has 21 heavy (non-hydrogen) atoms. The second-order valence-electron chi connectivity index (χ2n) is 4.17. The molecule has 1 rings (SSSR count). The standard InChI is InChI=1S/C14H21N3O3.ClH/c1-3-16-14(19)10-20-12-6-4-11(5-7-12)17-13(18)8-9-15-2;/h4-7,15H,3,8-10H2,1-2H3,(H,16,19)(H,17,18);1H. The van der Waals surface area contributed by atoms with E-state index in [2.05, 4.69) is 16.0 Å². The summed E-state index contributed by atoms with van der Waals surface area (Å²) in [4.78, 5) is 22.7. The topological polar surface area (TPSA) is 79.5 Å². The lowest BCUT2D eigenvalue weighted by molar-refractivity contribution is -0.123. The van der Waals surface area contributed by atoms with Crippen LogP contribution in [-0.2, 0) is 9.59 Å². The first-order chi connectivity index (χ1) is 9.65. The molecule has 0 aliphatic rings. The second-order valence-corrected chi connectivity index (χ2v) is 4.17. The Balaban J connectivity index is 0.00000400. The molecule has 0 saturated carbocycles. The van der Waals surface area contributed by atoms with Crippen LogP contribution < -0.4 is 20.7 Å². The molecule has 0 bridgehead atoms. The summed E-state index contributed by atoms with van der Waals surface area (Å²) in [6.07, 6.45) is 0.423. The van der Waals surface area contributed by atoms with Crippen molar-refractivity contribution in [2.24, 2.45) is 0 Å². The maximum atomic E-state index is 11.5. The molecule has 0 heterocycles. The second kappa shape index (κ2) is 10.9. The molecule has 0 aliphatic carbocycles. The Bertz CT molecular complexity index is 438. The molecule has 1 aromatic carbocycles. The SMILES string of the molecule is CCNC(=O)COc1ccc(NC(=O)CCNC)cc1.Cl. The lowest BCUT2D eigenvalue weighted by atomic mass is 10.3. The monoisotopic (exact) mass is 315 g/mol. The van der Waals surface area contributed by atoms with Gasteiger partial charge in [0.2, 0.25) is 5.91 Å². The van der Waals surface area contributed by atoms with E-state index in [1.165, 1.54) is 0 Å². The summed E-state index contributed by atoms with van der Waals surface area (Å²) < 4.78 is 5.31. The number of amides is 2. The summed E-state index contributed by atoms with van der Waals surface area (Å²) >= 11 is 0. The first-order valence-electron chi connectivity index (χ1n) is 6.59. The van der Waals surface area contributed by atoms with Crippen LogP contribution in [0.5, 0.6) is 5.75 Å². The van der Waals surface area contributed by atoms with Crippen LogP contribution >= 0.6 is 12.4 Å². The number of hydrogen-bond donors (Lipinski definition) is 3. The van der Waals surface area contributed by atoms with Crippen LogP contribution in [0.15, 0.2) is 24.3 Å². The quantitative estimate of drug-likeness (QED) is 0.673. The minimum atomic E-state index is -0.156. The highest BCUT2D eigenvalue weighted by molar-refractivity contribution is 5.90. The van der Waals surface area contributed by atoms with E-state index in [1.807, 2.05) is 6.92 Å². The van der Waals surface area contributed by atoms with E-state index in [9.17, 15) is 9.59 Å². The van der Waals surface area contributed by atoms with Gasteiger partial charge >= 0.3 is 0 Å². The molecular formula is C14H22ClN3O3. The summed E-state index contributed by atoms with van der Waals surface area (Å²) in [5.41, 5.74) is 0.705. The molecule has 0 saturated heterocycles. The molecule has 7 heteroatoms. The molecule has 118 valence electrons. The van der Waals surface area contributed by atoms with Crippen molar-refractivity contribution in [1.29, 1.82) is 0 Å². The number of carbonyl (C=O) groups is 2. The maximum absolute atomic E-state index is 11.5. The van der Waals surface area contributed by atoms with Gasteiger partial charge < -0.3 is 20.7 Å². The molecule has 1 aromatic rings. The van der Waals surface area contributed by atoms with Crippen molar-refractivity contribution in [1.82, 2.24) is 10.6 Å². The number of anilines is 1. The fourth-order valence-corrected chi connectivity index (χ4v) is 1.49. The van der Waals surface area contributed by atoms with Gasteiger partial charge in [0.1, 0.15) is 5.75 Å². The Hall–Kier alpha value is -1.79. The van der Waals surface area contributed by atoms with Crippen molar-refractivity contribution >= 4 is 29.9 Å². The molecular weight excluding hydrogens is 294 g/mol. The van der Waals surface area contributed by atoms with Crippen LogP contribution in [0, 0.1) is 0 Å². The van der Waals surface area contributed by atoms with Crippen molar-refractivity contribution in [3.05, 3.63) is 24.3 Å². The van der Waals surface area contributed by atoms with Gasteiger partial charge in [-0.15, -0.1) is 12.4 Å². The van der Waals surface area contributed by atoms with Gasteiger partial charge in [-0.3, -0.25) is 9.59 Å². The van der Waals surface area contributed by atoms with Crippen molar-refractivity contribution in [3.8, 4) is 5.75 Å². The zero-order valence-electron chi connectivity index (χ0n) is 12.3. The summed E-state index contributed by atoms with van der Waals surface area (Å²) in [7, 11) is 1.80. The van der Waals surface area contributed by atoms with Gasteiger partial charge in [0.25, 0.3) is 5.91 Å². The molecule has 3 N–H and O–H groups in total. The number of likely N-dealkylation sites (N-methyl/N-ethyl adjacent to an activating group) is 1. The van der Waals surface area contributed by atoms with E-state index in [0.29, 0.717) is 30.9 Å². The Morgan fingerprint density at radius 3 is 2.38 bits per heavy atom. The van der Waals surface area contributed by atoms with Crippen LogP contribution in [0.3, 0.4) is 0 Å². The fraction of sp³-hybridized carbons (Fsp3) is 0.429. The van der Waals surface area contributed by atoms with Crippen molar-refractivity contribution in [3.63, 3.8) is 0 Å². The Morgan fingerprint density at radius 2 is 1.81 bits per heavy atom. The molecule has 0 aromatic heterocycles. The molecule has 6 nitrogen and oxygen atoms in total. The minimum Gasteiger partial charge on any atom is -0.484 e. The number of hydrogen-bond acceptors (Lipinski definition) is 4. The zero-order valence-corrected chi connectivity index (χ0v) is 13.1. The predicted molar refractivity (Wildman–Crippen MR) is 85.0 cm³/mol. The number of rotatable bonds is 8. The van der Waals surface area contributed by atoms with Gasteiger partial charge in [0.05, 0.1) is 0 Å². The van der Waals surface area contributed by atoms with E-state index >= 15 is 0 Å². The highest BCUT2D eigenvalue weighted by atomic mass is 35.5. The highest BCUT2D eigenvalue weighted by Crippen LogP contribution is 2.15. The first-order valence-corrected chi connectivity index (χ1v) is 6.59. The number of halogens is 1. The van der Waals surface area contributed by atoms with Crippen LogP contribution in [-0.4, -0.2) is 38.6 Å². The highest BCUT2D eigenvalue weighted by Gasteiger charge is 2.03. The van der Waals surface area contributed by atoms with Gasteiger partial charge in [-0.1, -0.05) is 0 Å². The maximum Gasteiger partial charge on any atom is 0.257 e. The Kier molecular flexibility index (Phi) is 10.0. The third kappa shape index (κ3) is 8.16. The van der Waals surface area contributed by atoms with Gasteiger partial charge in [-0.25, -0.2) is 0 Å². The molecule has 0 aliphatic heterocycles. The van der Waals surface area contributed by atoms with Crippen LogP contribution in [0.2, 0.25) is 0 Å². The summed E-state index contributed by atoms with van der Waals surface area (Å²) in [5.74, 6) is 0.386. The van der Waals surface area contributed by atoms with E-state index in [0.717, 1.165) is 0 Å². The Morgan fingerprint density at radius 1 is 1.14 bits per heavy atom. The van der Waals surface area contributed by atoms with Gasteiger partial charge in [-0.05, 0) is 38.2 Å². The smallest absolute Gasteiger partial charge is 0.257 e. The zero-order chi connectivity index (χ0) is 14.8. The van der Waals surface area contributed by atoms with E-state index in [-0.39, 0.29) is 30.8 Å². The largest absolute Gasteiger partial charge is 0.484 e. The molecule has 0 atom stereocenters. The van der Waals surface area contributed by atoms with Gasteiger partial charge in [0, 0.05) is 25.2 Å². The first kappa shape index (κ1) is 19.2. The predicted octanol–water partition coefficient (Wildman–Crippen LogP) is 1.17. The van der Waals surface area contributed by atoms with Crippen LogP contribution in [0.4, 0.5) is 5.69 Å². The van der Waals surface area contributed by atoms with Gasteiger partial charge in [-0.2, -0.15) is 0 Å². The normalized spacial score (nSPS) is 9.43. The summed E-state index contributed by atoms with van der Waals surface area (Å²) in [6, 6.07) is 6.91. The van der Waals surface area contributed by atoms with Crippen LogP contribution in [0.25, 0.3) is 0 Å². The molecule has 0 unspecified atom stereocenters. The number of carbonyl (C=O) groups excluding carboxylic acids is 2. The molecule has 0 spiro atoms. The lowest BCUT2D eigenvalue weighted by Gasteiger charge is -2.08. The number of benzene rings is 1. The van der Waals surface area contributed by atoms with Crippen molar-refractivity contribution in [2.45, 2.75) is 13.3 Å². The molecule has 2 amide bonds. The molecule has 0 fully saturated rings. The average molecular weight is 316 g/mol. The van der Waals surface area contributed by atoms with Crippen molar-refractivity contribution < 1.29 is 14.3 Å². The summed E-state index contributed by atoms with van der Waals surface area (Å²) in [5, 5.41) is 8.33. The summed E-state index contributed by atoms with van der Waals surface area (Å²) in [6.45, 7) is 3.06.